The molecule has 0 aliphatic rings. The van der Waals surface area contributed by atoms with Gasteiger partial charge < -0.3 is 15.4 Å². The molecule has 0 saturated carbocycles. The molecule has 0 bridgehead atoms. The van der Waals surface area contributed by atoms with Gasteiger partial charge in [-0.05, 0) is 35.9 Å². The minimum atomic E-state index is -0.650. The van der Waals surface area contributed by atoms with E-state index in [9.17, 15) is 14.4 Å². The van der Waals surface area contributed by atoms with Crippen molar-refractivity contribution < 1.29 is 9.53 Å². The van der Waals surface area contributed by atoms with Crippen LogP contribution in [0.25, 0.3) is 5.69 Å². The van der Waals surface area contributed by atoms with Crippen LogP contribution >= 0.6 is 11.6 Å². The molecule has 0 atom stereocenters. The molecule has 1 heterocycles. The highest BCUT2D eigenvalue weighted by Crippen LogP contribution is 2.14. The molecule has 0 aliphatic heterocycles. The third-order valence-corrected chi connectivity index (χ3v) is 4.31. The number of ether oxygens (including phenoxy) is 1. The van der Waals surface area contributed by atoms with Crippen LogP contribution in [0.2, 0.25) is 5.02 Å². The Labute approximate surface area is 170 Å². The average molecular weight is 416 g/mol. The molecule has 0 aliphatic carbocycles. The Morgan fingerprint density at radius 2 is 1.90 bits per heavy atom. The van der Waals surface area contributed by atoms with Gasteiger partial charge in [-0.3, -0.25) is 4.79 Å². The Morgan fingerprint density at radius 3 is 2.55 bits per heavy atom. The lowest BCUT2D eigenvalue weighted by molar-refractivity contribution is 0.254. The number of halogens is 1. The van der Waals surface area contributed by atoms with Crippen molar-refractivity contribution in [2.75, 3.05) is 19.5 Å². The monoisotopic (exact) mass is 415 g/mol. The van der Waals surface area contributed by atoms with Crippen LogP contribution < -0.4 is 26.6 Å². The minimum Gasteiger partial charge on any atom is -0.476 e. The number of urea groups is 1. The molecule has 2 amide bonds. The van der Waals surface area contributed by atoms with Gasteiger partial charge in [0.1, 0.15) is 0 Å². The molecule has 0 saturated heterocycles. The third kappa shape index (κ3) is 4.46. The van der Waals surface area contributed by atoms with Crippen molar-refractivity contribution in [3.05, 3.63) is 80.0 Å². The maximum absolute atomic E-state index is 13.0. The first-order valence-electron chi connectivity index (χ1n) is 8.54. The zero-order valence-electron chi connectivity index (χ0n) is 15.7. The van der Waals surface area contributed by atoms with Crippen LogP contribution in [0.5, 0.6) is 5.88 Å². The summed E-state index contributed by atoms with van der Waals surface area (Å²) in [5, 5.41) is 9.62. The van der Waals surface area contributed by atoms with Gasteiger partial charge in [0.05, 0.1) is 19.3 Å². The van der Waals surface area contributed by atoms with Gasteiger partial charge in [0.2, 0.25) is 0 Å². The van der Waals surface area contributed by atoms with Gasteiger partial charge >= 0.3 is 17.3 Å². The van der Waals surface area contributed by atoms with E-state index >= 15 is 0 Å². The fourth-order valence-electron chi connectivity index (χ4n) is 2.61. The quantitative estimate of drug-likeness (QED) is 0.661. The lowest BCUT2D eigenvalue weighted by Gasteiger charge is -2.12. The molecule has 9 nitrogen and oxygen atoms in total. The molecule has 3 aromatic rings. The molecule has 0 spiro atoms. The number of amides is 2. The molecule has 2 N–H and O–H groups in total. The third-order valence-electron chi connectivity index (χ3n) is 4.05. The standard InChI is InChI=1S/C19H18ClN5O4/c1-21-18(27)22-14-4-3-5-15(10-14)25-19(28)24(17(26)16(23-25)29-2)11-12-6-8-13(20)9-7-12/h3-10H,11H2,1-2H3,(H2,21,22,27). The van der Waals surface area contributed by atoms with Crippen molar-refractivity contribution in [3.63, 3.8) is 0 Å². The van der Waals surface area contributed by atoms with E-state index in [1.165, 1.54) is 14.2 Å². The summed E-state index contributed by atoms with van der Waals surface area (Å²) in [4.78, 5) is 37.1. The van der Waals surface area contributed by atoms with E-state index in [1.807, 2.05) is 0 Å². The van der Waals surface area contributed by atoms with Crippen LogP contribution in [-0.4, -0.2) is 34.5 Å². The van der Waals surface area contributed by atoms with E-state index in [4.69, 9.17) is 16.3 Å². The Kier molecular flexibility index (Phi) is 5.99. The lowest BCUT2D eigenvalue weighted by atomic mass is 10.2. The number of hydrogen-bond acceptors (Lipinski definition) is 5. The molecule has 10 heteroatoms. The number of hydrogen-bond donors (Lipinski definition) is 2. The molecule has 2 aromatic carbocycles. The highest BCUT2D eigenvalue weighted by atomic mass is 35.5. The number of aromatic nitrogens is 3. The van der Waals surface area contributed by atoms with E-state index in [0.717, 1.165) is 9.25 Å². The summed E-state index contributed by atoms with van der Waals surface area (Å²) in [5.74, 6) is -0.233. The van der Waals surface area contributed by atoms with Crippen LogP contribution in [0.4, 0.5) is 10.5 Å². The van der Waals surface area contributed by atoms with Gasteiger partial charge in [0.25, 0.3) is 5.88 Å². The van der Waals surface area contributed by atoms with Crippen molar-refractivity contribution in [3.8, 4) is 11.6 Å². The number of benzene rings is 2. The summed E-state index contributed by atoms with van der Waals surface area (Å²) < 4.78 is 7.14. The first-order valence-corrected chi connectivity index (χ1v) is 8.92. The fourth-order valence-corrected chi connectivity index (χ4v) is 2.74. The van der Waals surface area contributed by atoms with Crippen LogP contribution in [0.3, 0.4) is 0 Å². The van der Waals surface area contributed by atoms with E-state index in [0.29, 0.717) is 22.0 Å². The van der Waals surface area contributed by atoms with E-state index in [1.54, 1.807) is 48.5 Å². The van der Waals surface area contributed by atoms with Crippen LogP contribution in [0.1, 0.15) is 5.56 Å². The molecule has 0 unspecified atom stereocenters. The normalized spacial score (nSPS) is 10.4. The average Bonchev–Trinajstić information content (AvgIpc) is 2.72. The van der Waals surface area contributed by atoms with Gasteiger partial charge in [-0.15, -0.1) is 5.10 Å². The van der Waals surface area contributed by atoms with Crippen molar-refractivity contribution in [2.24, 2.45) is 0 Å². The zero-order valence-corrected chi connectivity index (χ0v) is 16.4. The van der Waals surface area contributed by atoms with Gasteiger partial charge in [0.15, 0.2) is 0 Å². The number of anilines is 1. The summed E-state index contributed by atoms with van der Waals surface area (Å²) in [6.45, 7) is 0.0178. The maximum Gasteiger partial charge on any atom is 0.352 e. The van der Waals surface area contributed by atoms with Gasteiger partial charge in [-0.2, -0.15) is 4.68 Å². The SMILES string of the molecule is CNC(=O)Nc1cccc(-n2nc(OC)c(=O)n(Cc3ccc(Cl)cc3)c2=O)c1. The summed E-state index contributed by atoms with van der Waals surface area (Å²) in [6.07, 6.45) is 0. The molecular weight excluding hydrogens is 398 g/mol. The van der Waals surface area contributed by atoms with Gasteiger partial charge in [-0.1, -0.05) is 29.8 Å². The second-order valence-corrected chi connectivity index (χ2v) is 6.41. The summed E-state index contributed by atoms with van der Waals surface area (Å²) in [7, 11) is 2.79. The maximum atomic E-state index is 13.0. The Morgan fingerprint density at radius 1 is 1.17 bits per heavy atom. The van der Waals surface area contributed by atoms with Crippen LogP contribution in [-0.2, 0) is 6.54 Å². The second-order valence-electron chi connectivity index (χ2n) is 5.98. The van der Waals surface area contributed by atoms with Crippen LogP contribution in [0, 0.1) is 0 Å². The smallest absolute Gasteiger partial charge is 0.352 e. The van der Waals surface area contributed by atoms with Crippen molar-refractivity contribution in [1.29, 1.82) is 0 Å². The fraction of sp³-hybridized carbons (Fsp3) is 0.158. The Balaban J connectivity index is 2.09. The lowest BCUT2D eigenvalue weighted by Crippen LogP contribution is -2.41. The largest absolute Gasteiger partial charge is 0.476 e. The van der Waals surface area contributed by atoms with E-state index < -0.39 is 17.3 Å². The topological polar surface area (TPSA) is 107 Å². The summed E-state index contributed by atoms with van der Waals surface area (Å²) in [6, 6.07) is 12.9. The second kappa shape index (κ2) is 8.61. The zero-order chi connectivity index (χ0) is 21.0. The molecule has 3 rings (SSSR count). The van der Waals surface area contributed by atoms with E-state index in [2.05, 4.69) is 15.7 Å². The highest BCUT2D eigenvalue weighted by molar-refractivity contribution is 6.30. The van der Waals surface area contributed by atoms with Crippen molar-refractivity contribution in [2.45, 2.75) is 6.54 Å². The molecular formula is C19H18ClN5O4. The number of rotatable bonds is 5. The predicted molar refractivity (Wildman–Crippen MR) is 109 cm³/mol. The summed E-state index contributed by atoms with van der Waals surface area (Å²) >= 11 is 5.89. The Hall–Kier alpha value is -3.59. The van der Waals surface area contributed by atoms with Gasteiger partial charge in [0, 0.05) is 17.8 Å². The number of nitrogens with one attached hydrogen (secondary N) is 2. The number of methoxy groups -OCH3 is 1. The molecule has 150 valence electrons. The van der Waals surface area contributed by atoms with Gasteiger partial charge in [-0.25, -0.2) is 14.2 Å². The predicted octanol–water partition coefficient (Wildman–Crippen LogP) is 1.86. The molecule has 1 aromatic heterocycles. The first-order chi connectivity index (χ1) is 13.9. The minimum absolute atomic E-state index is 0.0178. The number of nitrogens with zero attached hydrogens (tertiary/aromatic N) is 3. The van der Waals surface area contributed by atoms with Crippen molar-refractivity contribution >= 4 is 23.3 Å². The number of carbonyl (C=O) groups excluding carboxylic acids is 1. The molecule has 0 fully saturated rings. The van der Waals surface area contributed by atoms with Crippen molar-refractivity contribution in [1.82, 2.24) is 19.7 Å². The molecule has 0 radical (unpaired) electrons. The Bertz CT molecular complexity index is 1150. The molecule has 29 heavy (non-hydrogen) atoms. The van der Waals surface area contributed by atoms with Crippen LogP contribution in [0.15, 0.2) is 58.1 Å². The first kappa shape index (κ1) is 20.2. The van der Waals surface area contributed by atoms with E-state index in [-0.39, 0.29) is 12.4 Å². The summed E-state index contributed by atoms with van der Waals surface area (Å²) in [5.41, 5.74) is 0.214. The number of carbonyl (C=O) groups is 1. The highest BCUT2D eigenvalue weighted by Gasteiger charge is 2.16.